The van der Waals surface area contributed by atoms with Gasteiger partial charge in [0.25, 0.3) is 0 Å². The topological polar surface area (TPSA) is 108 Å². The van der Waals surface area contributed by atoms with Crippen LogP contribution in [-0.2, 0) is 32.7 Å². The average Bonchev–Trinajstić information content (AvgIpc) is 3.38. The quantitative estimate of drug-likeness (QED) is 0.0211. The molecule has 0 aliphatic carbocycles. The lowest BCUT2D eigenvalue weighted by Crippen LogP contribution is -2.37. The van der Waals surface area contributed by atoms with E-state index in [1.807, 2.05) is 21.1 Å². The molecule has 2 unspecified atom stereocenters. The van der Waals surface area contributed by atoms with Gasteiger partial charge in [0.2, 0.25) is 0 Å². The lowest BCUT2D eigenvalue weighted by atomic mass is 10.1. The van der Waals surface area contributed by atoms with Crippen molar-refractivity contribution in [1.82, 2.24) is 0 Å². The van der Waals surface area contributed by atoms with Crippen molar-refractivity contribution in [2.24, 2.45) is 0 Å². The van der Waals surface area contributed by atoms with Gasteiger partial charge in [-0.15, -0.1) is 0 Å². The Kier molecular flexibility index (Phi) is 53.9. The molecule has 0 heterocycles. The minimum Gasteiger partial charge on any atom is -0.462 e. The van der Waals surface area contributed by atoms with Crippen LogP contribution in [0.4, 0.5) is 0 Å². The molecular weight excluding hydrogens is 966 g/mol. The highest BCUT2D eigenvalue weighted by Gasteiger charge is 2.27. The molecule has 0 aliphatic rings. The molecule has 0 radical (unpaired) electrons. The van der Waals surface area contributed by atoms with Gasteiger partial charge < -0.3 is 18.9 Å². The third-order valence-corrected chi connectivity index (χ3v) is 13.8. The van der Waals surface area contributed by atoms with Crippen LogP contribution >= 0.6 is 7.82 Å². The standard InChI is InChI=1S/C66H114NO8P/c1-6-8-10-12-14-16-18-20-22-24-26-27-28-29-30-31-32-33-34-35-36-37-38-39-41-43-45-47-49-51-53-55-57-59-66(69)75-64(63-74-76(70,71)73-61-60-67(3,4)5)62-72-65(68)58-56-54-52-50-48-46-44-42-40-25-23-21-19-17-15-13-11-9-7-2/h8,10,14,16,20-23,26-27,29-30,32-33,35-36,38-39,64H,6-7,9,11-13,15,17-19,24-25,28,31,34,37,40-63H2,1-5H3/p+1/b10-8-,16-14-,22-20-,23-21-,27-26-,30-29-,33-32-,36-35-,39-38-. The molecule has 0 spiro atoms. The van der Waals surface area contributed by atoms with E-state index in [2.05, 4.69) is 123 Å². The Hall–Kier alpha value is -3.33. The van der Waals surface area contributed by atoms with E-state index in [1.165, 1.54) is 116 Å². The predicted octanol–water partition coefficient (Wildman–Crippen LogP) is 19.4. The van der Waals surface area contributed by atoms with Gasteiger partial charge in [-0.2, -0.15) is 0 Å². The number of phosphoric acid groups is 1. The van der Waals surface area contributed by atoms with E-state index < -0.39 is 26.5 Å². The maximum absolute atomic E-state index is 12.8. The molecule has 0 aromatic carbocycles. The normalized spacial score (nSPS) is 14.0. The van der Waals surface area contributed by atoms with Crippen molar-refractivity contribution < 1.29 is 42.1 Å². The molecule has 0 aromatic heterocycles. The van der Waals surface area contributed by atoms with Crippen LogP contribution in [-0.4, -0.2) is 74.9 Å². The molecule has 0 saturated carbocycles. The summed E-state index contributed by atoms with van der Waals surface area (Å²) in [4.78, 5) is 35.7. The summed E-state index contributed by atoms with van der Waals surface area (Å²) in [5.41, 5.74) is 0. The van der Waals surface area contributed by atoms with E-state index in [1.54, 1.807) is 0 Å². The number of carbonyl (C=O) groups is 2. The number of allylic oxidation sites excluding steroid dienone is 18. The second-order valence-corrected chi connectivity index (χ2v) is 22.8. The van der Waals surface area contributed by atoms with Crippen molar-refractivity contribution in [2.75, 3.05) is 47.5 Å². The molecule has 2 atom stereocenters. The molecular formula is C66H115NO8P+. The molecule has 9 nitrogen and oxygen atoms in total. The molecule has 0 bridgehead atoms. The van der Waals surface area contributed by atoms with Gasteiger partial charge in [-0.1, -0.05) is 239 Å². The van der Waals surface area contributed by atoms with Crippen LogP contribution in [0.2, 0.25) is 0 Å². The third-order valence-electron chi connectivity index (χ3n) is 12.8. The number of quaternary nitrogens is 1. The highest BCUT2D eigenvalue weighted by molar-refractivity contribution is 7.47. The number of ether oxygens (including phenoxy) is 2. The smallest absolute Gasteiger partial charge is 0.462 e. The van der Waals surface area contributed by atoms with Gasteiger partial charge in [0, 0.05) is 12.8 Å². The monoisotopic (exact) mass is 1080 g/mol. The minimum absolute atomic E-state index is 0.0249. The number of unbranched alkanes of at least 4 members (excludes halogenated alkanes) is 23. The summed E-state index contributed by atoms with van der Waals surface area (Å²) in [7, 11) is 1.46. The average molecular weight is 1080 g/mol. The van der Waals surface area contributed by atoms with Gasteiger partial charge in [-0.3, -0.25) is 18.6 Å². The molecule has 10 heteroatoms. The van der Waals surface area contributed by atoms with Gasteiger partial charge in [-0.25, -0.2) is 4.57 Å². The molecule has 0 aromatic rings. The van der Waals surface area contributed by atoms with Crippen LogP contribution in [0.25, 0.3) is 0 Å². The first-order valence-electron chi connectivity index (χ1n) is 30.6. The number of esters is 2. The Morgan fingerprint density at radius 2 is 0.750 bits per heavy atom. The van der Waals surface area contributed by atoms with Crippen molar-refractivity contribution in [3.8, 4) is 0 Å². The van der Waals surface area contributed by atoms with Crippen molar-refractivity contribution in [3.63, 3.8) is 0 Å². The van der Waals surface area contributed by atoms with Crippen LogP contribution in [0.15, 0.2) is 109 Å². The zero-order valence-electron chi connectivity index (χ0n) is 49.5. The van der Waals surface area contributed by atoms with E-state index in [9.17, 15) is 19.0 Å². The molecule has 0 aliphatic heterocycles. The summed E-state index contributed by atoms with van der Waals surface area (Å²) in [5.74, 6) is -0.811. The zero-order valence-corrected chi connectivity index (χ0v) is 50.3. The summed E-state index contributed by atoms with van der Waals surface area (Å²) in [6.45, 7) is 4.31. The second kappa shape index (κ2) is 56.4. The fraction of sp³-hybridized carbons (Fsp3) is 0.697. The summed E-state index contributed by atoms with van der Waals surface area (Å²) < 4.78 is 34.6. The lowest BCUT2D eigenvalue weighted by molar-refractivity contribution is -0.870. The third kappa shape index (κ3) is 59.9. The van der Waals surface area contributed by atoms with Crippen molar-refractivity contribution in [3.05, 3.63) is 109 Å². The van der Waals surface area contributed by atoms with Gasteiger partial charge in [0.05, 0.1) is 27.7 Å². The Labute approximate surface area is 467 Å². The summed E-state index contributed by atoms with van der Waals surface area (Å²) >= 11 is 0. The van der Waals surface area contributed by atoms with Crippen LogP contribution in [0.1, 0.15) is 245 Å². The van der Waals surface area contributed by atoms with Gasteiger partial charge >= 0.3 is 19.8 Å². The first-order chi connectivity index (χ1) is 37.0. The van der Waals surface area contributed by atoms with E-state index in [0.29, 0.717) is 17.4 Å². The number of phosphoric ester groups is 1. The Morgan fingerprint density at radius 1 is 0.421 bits per heavy atom. The second-order valence-electron chi connectivity index (χ2n) is 21.4. The Morgan fingerprint density at radius 3 is 1.13 bits per heavy atom. The number of likely N-dealkylation sites (N-methyl/N-ethyl adjacent to an activating group) is 1. The molecule has 436 valence electrons. The molecule has 76 heavy (non-hydrogen) atoms. The van der Waals surface area contributed by atoms with E-state index in [4.69, 9.17) is 18.5 Å². The number of nitrogens with zero attached hydrogens (tertiary/aromatic N) is 1. The van der Waals surface area contributed by atoms with E-state index in [0.717, 1.165) is 96.3 Å². The van der Waals surface area contributed by atoms with Crippen LogP contribution in [0.3, 0.4) is 0 Å². The largest absolute Gasteiger partial charge is 0.472 e. The molecule has 1 N–H and O–H groups in total. The van der Waals surface area contributed by atoms with Crippen molar-refractivity contribution >= 4 is 19.8 Å². The molecule has 0 rings (SSSR count). The highest BCUT2D eigenvalue weighted by Crippen LogP contribution is 2.43. The van der Waals surface area contributed by atoms with Gasteiger partial charge in [0.1, 0.15) is 19.8 Å². The first-order valence-corrected chi connectivity index (χ1v) is 32.1. The SMILES string of the molecule is CC/C=C\C/C=C\C/C=C\C/C=C\C/C=C\C/C=C\C/C=C\C/C=C\CCCCCCCCCCC(=O)OC(COC(=O)CCCCCCCCCCC/C=C\CCCCCCCC)COP(=O)(O)OCC[N+](C)(C)C. The molecule has 0 amide bonds. The lowest BCUT2D eigenvalue weighted by Gasteiger charge is -2.24. The summed E-state index contributed by atoms with van der Waals surface area (Å²) in [6.07, 6.45) is 78.7. The van der Waals surface area contributed by atoms with Crippen LogP contribution < -0.4 is 0 Å². The maximum Gasteiger partial charge on any atom is 0.472 e. The zero-order chi connectivity index (χ0) is 55.6. The van der Waals surface area contributed by atoms with Crippen LogP contribution in [0.5, 0.6) is 0 Å². The fourth-order valence-corrected chi connectivity index (χ4v) is 8.83. The minimum atomic E-state index is -4.40. The van der Waals surface area contributed by atoms with Crippen molar-refractivity contribution in [2.45, 2.75) is 251 Å². The summed E-state index contributed by atoms with van der Waals surface area (Å²) in [5, 5.41) is 0. The number of hydrogen-bond donors (Lipinski definition) is 1. The highest BCUT2D eigenvalue weighted by atomic mass is 31.2. The van der Waals surface area contributed by atoms with Crippen molar-refractivity contribution in [1.29, 1.82) is 0 Å². The number of hydrogen-bond acceptors (Lipinski definition) is 7. The van der Waals surface area contributed by atoms with E-state index in [-0.39, 0.29) is 32.0 Å². The summed E-state index contributed by atoms with van der Waals surface area (Å²) in [6, 6.07) is 0. The number of rotatable bonds is 55. The number of carbonyl (C=O) groups excluding carboxylic acids is 2. The fourth-order valence-electron chi connectivity index (χ4n) is 8.08. The Balaban J connectivity index is 4.18. The van der Waals surface area contributed by atoms with Gasteiger partial charge in [0.15, 0.2) is 6.10 Å². The van der Waals surface area contributed by atoms with E-state index >= 15 is 0 Å². The van der Waals surface area contributed by atoms with Crippen LogP contribution in [0, 0.1) is 0 Å². The molecule has 0 fully saturated rings. The maximum atomic E-state index is 12.8. The first kappa shape index (κ1) is 72.7. The van der Waals surface area contributed by atoms with Gasteiger partial charge in [-0.05, 0) is 103 Å². The predicted molar refractivity (Wildman–Crippen MR) is 325 cm³/mol. The molecule has 0 saturated heterocycles. The Bertz CT molecular complexity index is 1650.